The minimum absolute atomic E-state index is 0.0430. The van der Waals surface area contributed by atoms with E-state index in [9.17, 15) is 8.42 Å². The summed E-state index contributed by atoms with van der Waals surface area (Å²) in [5.74, 6) is 0. The lowest BCUT2D eigenvalue weighted by atomic mass is 10.1. The molecular formula is C8H9ClO4S2. The summed E-state index contributed by atoms with van der Waals surface area (Å²) >= 11 is 6.68. The van der Waals surface area contributed by atoms with Crippen molar-refractivity contribution in [2.24, 2.45) is 0 Å². The molecule has 1 N–H and O–H groups in total. The number of aliphatic hydroxyl groups is 1. The summed E-state index contributed by atoms with van der Waals surface area (Å²) in [6.07, 6.45) is 0. The first-order valence-electron chi connectivity index (χ1n) is 4.20. The molecule has 0 aromatic carbocycles. The van der Waals surface area contributed by atoms with Crippen LogP contribution >= 0.6 is 22.9 Å². The maximum absolute atomic E-state index is 12.1. The van der Waals surface area contributed by atoms with Crippen LogP contribution in [-0.2, 0) is 14.6 Å². The Hall–Kier alpha value is -0.140. The maximum atomic E-state index is 12.1. The molecule has 0 unspecified atom stereocenters. The molecule has 1 aromatic rings. The van der Waals surface area contributed by atoms with Crippen LogP contribution in [0.25, 0.3) is 0 Å². The molecule has 1 aromatic heterocycles. The van der Waals surface area contributed by atoms with E-state index >= 15 is 0 Å². The van der Waals surface area contributed by atoms with Crippen LogP contribution < -0.4 is 0 Å². The van der Waals surface area contributed by atoms with Crippen LogP contribution in [0.5, 0.6) is 0 Å². The quantitative estimate of drug-likeness (QED) is 0.886. The van der Waals surface area contributed by atoms with Crippen LogP contribution in [0.1, 0.15) is 0 Å². The highest BCUT2D eigenvalue weighted by Gasteiger charge is 2.51. The van der Waals surface area contributed by atoms with E-state index in [-0.39, 0.29) is 17.4 Å². The van der Waals surface area contributed by atoms with E-state index in [1.807, 2.05) is 0 Å². The zero-order valence-corrected chi connectivity index (χ0v) is 10.0. The predicted octanol–water partition coefficient (Wildman–Crippen LogP) is 0.937. The van der Waals surface area contributed by atoms with Gasteiger partial charge in [-0.15, -0.1) is 11.3 Å². The van der Waals surface area contributed by atoms with E-state index in [1.165, 1.54) is 12.1 Å². The Balaban J connectivity index is 2.43. The molecule has 0 saturated carbocycles. The van der Waals surface area contributed by atoms with E-state index in [0.29, 0.717) is 4.34 Å². The third kappa shape index (κ3) is 1.60. The molecule has 84 valence electrons. The van der Waals surface area contributed by atoms with Crippen LogP contribution in [0, 0.1) is 0 Å². The van der Waals surface area contributed by atoms with Gasteiger partial charge in [-0.1, -0.05) is 11.6 Å². The van der Waals surface area contributed by atoms with E-state index in [1.54, 1.807) is 0 Å². The Morgan fingerprint density at radius 2 is 2.20 bits per heavy atom. The highest BCUT2D eigenvalue weighted by molar-refractivity contribution is 7.95. The minimum Gasteiger partial charge on any atom is -0.395 e. The number of hydrogen-bond acceptors (Lipinski definition) is 5. The lowest BCUT2D eigenvalue weighted by Crippen LogP contribution is -2.58. The molecule has 2 rings (SSSR count). The van der Waals surface area contributed by atoms with Gasteiger partial charge in [0.2, 0.25) is 0 Å². The van der Waals surface area contributed by atoms with Crippen molar-refractivity contribution in [3.63, 3.8) is 0 Å². The fourth-order valence-corrected chi connectivity index (χ4v) is 4.79. The topological polar surface area (TPSA) is 63.6 Å². The molecule has 2 heterocycles. The van der Waals surface area contributed by atoms with Crippen molar-refractivity contribution in [2.75, 3.05) is 19.8 Å². The Morgan fingerprint density at radius 1 is 1.53 bits per heavy atom. The third-order valence-electron chi connectivity index (χ3n) is 2.40. The van der Waals surface area contributed by atoms with Gasteiger partial charge in [0.1, 0.15) is 8.96 Å². The number of ether oxygens (including phenoxy) is 1. The van der Waals surface area contributed by atoms with Gasteiger partial charge >= 0.3 is 0 Å². The highest BCUT2D eigenvalue weighted by atomic mass is 35.5. The average Bonchev–Trinajstić information content (AvgIpc) is 2.50. The Bertz CT molecular complexity index is 455. The van der Waals surface area contributed by atoms with E-state index in [4.69, 9.17) is 21.4 Å². The lowest BCUT2D eigenvalue weighted by Gasteiger charge is -2.38. The van der Waals surface area contributed by atoms with Crippen molar-refractivity contribution >= 4 is 32.8 Å². The van der Waals surface area contributed by atoms with Gasteiger partial charge in [-0.25, -0.2) is 8.42 Å². The zero-order valence-electron chi connectivity index (χ0n) is 7.64. The number of thiophene rings is 1. The molecule has 1 saturated heterocycles. The van der Waals surface area contributed by atoms with Crippen LogP contribution in [0.3, 0.4) is 0 Å². The van der Waals surface area contributed by atoms with E-state index in [0.717, 1.165) is 11.3 Å². The summed E-state index contributed by atoms with van der Waals surface area (Å²) in [7, 11) is -3.53. The number of halogens is 1. The monoisotopic (exact) mass is 268 g/mol. The van der Waals surface area contributed by atoms with Crippen molar-refractivity contribution in [1.82, 2.24) is 0 Å². The second-order valence-corrected chi connectivity index (χ2v) is 7.68. The summed E-state index contributed by atoms with van der Waals surface area (Å²) < 4.78 is 28.5. The maximum Gasteiger partial charge on any atom is 0.200 e. The van der Waals surface area contributed by atoms with Crippen molar-refractivity contribution in [3.05, 3.63) is 16.5 Å². The molecule has 0 bridgehead atoms. The molecule has 0 spiro atoms. The smallest absolute Gasteiger partial charge is 0.200 e. The van der Waals surface area contributed by atoms with E-state index in [2.05, 4.69) is 0 Å². The number of sulfone groups is 1. The zero-order chi connectivity index (χ0) is 11.1. The SMILES string of the molecule is O=S(=O)(c1ccc(Cl)s1)C1(CO)COC1. The molecule has 15 heavy (non-hydrogen) atoms. The normalized spacial score (nSPS) is 19.9. The number of aliphatic hydroxyl groups excluding tert-OH is 1. The molecule has 0 radical (unpaired) electrons. The number of rotatable bonds is 3. The van der Waals surface area contributed by atoms with Crippen LogP contribution in [-0.4, -0.2) is 38.1 Å². The summed E-state index contributed by atoms with van der Waals surface area (Å²) in [5.41, 5.74) is 0. The van der Waals surface area contributed by atoms with Gasteiger partial charge in [-0.3, -0.25) is 0 Å². The first kappa shape index (κ1) is 11.3. The Labute approximate surface area is 96.4 Å². The molecule has 0 atom stereocenters. The molecule has 1 fully saturated rings. The van der Waals surface area contributed by atoms with Crippen molar-refractivity contribution in [3.8, 4) is 0 Å². The van der Waals surface area contributed by atoms with Gasteiger partial charge in [0.15, 0.2) is 9.84 Å². The fraction of sp³-hybridized carbons (Fsp3) is 0.500. The summed E-state index contributed by atoms with van der Waals surface area (Å²) in [5, 5.41) is 9.15. The molecule has 1 aliphatic rings. The fourth-order valence-electron chi connectivity index (χ4n) is 1.32. The van der Waals surface area contributed by atoms with Crippen LogP contribution in [0.4, 0.5) is 0 Å². The lowest BCUT2D eigenvalue weighted by molar-refractivity contribution is -0.0366. The summed E-state index contributed by atoms with van der Waals surface area (Å²) in [6, 6.07) is 2.99. The van der Waals surface area contributed by atoms with Crippen molar-refractivity contribution in [1.29, 1.82) is 0 Å². The standard InChI is InChI=1S/C8H9ClO4S2/c9-6-1-2-7(14-6)15(11,12)8(3-10)4-13-5-8/h1-2,10H,3-5H2. The van der Waals surface area contributed by atoms with E-state index < -0.39 is 21.2 Å². The Kier molecular flexibility index (Phi) is 2.81. The van der Waals surface area contributed by atoms with Crippen molar-refractivity contribution in [2.45, 2.75) is 8.96 Å². The van der Waals surface area contributed by atoms with Gasteiger partial charge < -0.3 is 9.84 Å². The van der Waals surface area contributed by atoms with Crippen molar-refractivity contribution < 1.29 is 18.3 Å². The van der Waals surface area contributed by atoms with Gasteiger partial charge in [0.25, 0.3) is 0 Å². The average molecular weight is 269 g/mol. The summed E-state index contributed by atoms with van der Waals surface area (Å²) in [6.45, 7) is -0.340. The van der Waals surface area contributed by atoms with Gasteiger partial charge in [-0.05, 0) is 12.1 Å². The molecule has 0 amide bonds. The van der Waals surface area contributed by atoms with Gasteiger partial charge in [0, 0.05) is 0 Å². The molecule has 7 heteroatoms. The first-order valence-corrected chi connectivity index (χ1v) is 6.88. The molecule has 4 nitrogen and oxygen atoms in total. The highest BCUT2D eigenvalue weighted by Crippen LogP contribution is 2.36. The largest absolute Gasteiger partial charge is 0.395 e. The molecule has 1 aliphatic heterocycles. The minimum atomic E-state index is -3.53. The van der Waals surface area contributed by atoms with Crippen LogP contribution in [0.2, 0.25) is 4.34 Å². The number of hydrogen-bond donors (Lipinski definition) is 1. The Morgan fingerprint density at radius 3 is 2.53 bits per heavy atom. The predicted molar refractivity (Wildman–Crippen MR) is 57.2 cm³/mol. The second kappa shape index (κ2) is 3.71. The molecule has 0 aliphatic carbocycles. The molecular weight excluding hydrogens is 260 g/mol. The van der Waals surface area contributed by atoms with Gasteiger partial charge in [0.05, 0.1) is 24.2 Å². The first-order chi connectivity index (χ1) is 7.02. The second-order valence-electron chi connectivity index (χ2n) is 3.40. The third-order valence-corrected chi connectivity index (χ3v) is 6.51. The summed E-state index contributed by atoms with van der Waals surface area (Å²) in [4.78, 5) is 0. The van der Waals surface area contributed by atoms with Crippen LogP contribution in [0.15, 0.2) is 16.3 Å². The van der Waals surface area contributed by atoms with Gasteiger partial charge in [-0.2, -0.15) is 0 Å².